The van der Waals surface area contributed by atoms with Crippen LogP contribution in [0.2, 0.25) is 0 Å². The van der Waals surface area contributed by atoms with Crippen molar-refractivity contribution in [3.63, 3.8) is 0 Å². The minimum Gasteiger partial charge on any atom is -0.377 e. The van der Waals surface area contributed by atoms with Gasteiger partial charge in [0.25, 0.3) is 0 Å². The normalized spacial score (nSPS) is 38.8. The van der Waals surface area contributed by atoms with Crippen molar-refractivity contribution in [1.82, 2.24) is 5.32 Å². The molecule has 3 aliphatic rings. The second-order valence-corrected chi connectivity index (χ2v) is 6.83. The van der Waals surface area contributed by atoms with Gasteiger partial charge in [-0.05, 0) is 51.0 Å². The first-order valence-corrected chi connectivity index (χ1v) is 8.13. The molecule has 0 aromatic carbocycles. The van der Waals surface area contributed by atoms with Gasteiger partial charge in [0, 0.05) is 18.6 Å². The number of ether oxygens (including phenoxy) is 1. The maximum absolute atomic E-state index is 6.20. The zero-order valence-corrected chi connectivity index (χ0v) is 11.9. The van der Waals surface area contributed by atoms with Crippen LogP contribution in [0.4, 0.5) is 0 Å². The van der Waals surface area contributed by atoms with Gasteiger partial charge in [0.15, 0.2) is 0 Å². The quantitative estimate of drug-likeness (QED) is 0.774. The molecule has 0 aromatic rings. The lowest BCUT2D eigenvalue weighted by Gasteiger charge is -2.41. The van der Waals surface area contributed by atoms with E-state index in [1.54, 1.807) is 0 Å². The lowest BCUT2D eigenvalue weighted by molar-refractivity contribution is -0.00432. The zero-order valence-electron chi connectivity index (χ0n) is 11.9. The van der Waals surface area contributed by atoms with Gasteiger partial charge >= 0.3 is 0 Å². The van der Waals surface area contributed by atoms with E-state index in [1.807, 2.05) is 0 Å². The highest BCUT2D eigenvalue weighted by Crippen LogP contribution is 2.54. The van der Waals surface area contributed by atoms with Gasteiger partial charge in [-0.2, -0.15) is 0 Å². The van der Waals surface area contributed by atoms with Gasteiger partial charge in [-0.3, -0.25) is 0 Å². The Morgan fingerprint density at radius 3 is 2.39 bits per heavy atom. The van der Waals surface area contributed by atoms with Crippen molar-refractivity contribution in [3.8, 4) is 0 Å². The Morgan fingerprint density at radius 1 is 1.06 bits per heavy atom. The molecule has 2 atom stereocenters. The summed E-state index contributed by atoms with van der Waals surface area (Å²) in [7, 11) is 2.13. The molecule has 104 valence electrons. The van der Waals surface area contributed by atoms with Crippen LogP contribution in [0.5, 0.6) is 0 Å². The molecule has 3 rings (SSSR count). The van der Waals surface area contributed by atoms with Crippen molar-refractivity contribution in [2.45, 2.75) is 63.9 Å². The highest BCUT2D eigenvalue weighted by Gasteiger charge is 2.53. The van der Waals surface area contributed by atoms with E-state index in [1.165, 1.54) is 64.3 Å². The van der Waals surface area contributed by atoms with E-state index < -0.39 is 0 Å². The molecule has 18 heavy (non-hydrogen) atoms. The molecule has 2 nitrogen and oxygen atoms in total. The zero-order chi connectivity index (χ0) is 12.4. The van der Waals surface area contributed by atoms with Gasteiger partial charge in [-0.15, -0.1) is 0 Å². The summed E-state index contributed by atoms with van der Waals surface area (Å²) in [4.78, 5) is 0. The Kier molecular flexibility index (Phi) is 3.95. The highest BCUT2D eigenvalue weighted by atomic mass is 16.5. The average molecular weight is 251 g/mol. The predicted octanol–water partition coefficient (Wildman–Crippen LogP) is 3.36. The van der Waals surface area contributed by atoms with Crippen LogP contribution in [-0.2, 0) is 4.74 Å². The fourth-order valence-corrected chi connectivity index (χ4v) is 4.64. The van der Waals surface area contributed by atoms with Crippen molar-refractivity contribution in [3.05, 3.63) is 0 Å². The lowest BCUT2D eigenvalue weighted by atomic mass is 9.66. The first-order chi connectivity index (χ1) is 8.87. The molecule has 1 saturated heterocycles. The molecule has 1 N–H and O–H groups in total. The van der Waals surface area contributed by atoms with Crippen LogP contribution in [-0.4, -0.2) is 26.3 Å². The molecule has 0 spiro atoms. The van der Waals surface area contributed by atoms with Crippen LogP contribution in [0.15, 0.2) is 0 Å². The summed E-state index contributed by atoms with van der Waals surface area (Å²) in [6, 6.07) is 0. The SMILES string of the molecule is CNCC1(C2CCCCCC2)CCOC1C1CC1. The van der Waals surface area contributed by atoms with Gasteiger partial charge in [0.05, 0.1) is 6.10 Å². The summed E-state index contributed by atoms with van der Waals surface area (Å²) in [5, 5.41) is 3.50. The van der Waals surface area contributed by atoms with Crippen molar-refractivity contribution in [2.24, 2.45) is 17.3 Å². The molecule has 0 amide bonds. The summed E-state index contributed by atoms with van der Waals surface area (Å²) in [5.74, 6) is 1.81. The molecule has 1 aliphatic heterocycles. The number of hydrogen-bond acceptors (Lipinski definition) is 2. The maximum Gasteiger partial charge on any atom is 0.0675 e. The van der Waals surface area contributed by atoms with Gasteiger partial charge < -0.3 is 10.1 Å². The van der Waals surface area contributed by atoms with Crippen LogP contribution in [0.25, 0.3) is 0 Å². The van der Waals surface area contributed by atoms with E-state index >= 15 is 0 Å². The third kappa shape index (κ3) is 2.34. The standard InChI is InChI=1S/C16H29NO/c1-17-12-16(14-6-4-2-3-5-7-14)10-11-18-15(16)13-8-9-13/h13-15,17H,2-12H2,1H3. The topological polar surface area (TPSA) is 21.3 Å². The molecular weight excluding hydrogens is 222 g/mol. The Labute approximate surface area is 112 Å². The lowest BCUT2D eigenvalue weighted by Crippen LogP contribution is -2.46. The highest BCUT2D eigenvalue weighted by molar-refractivity contribution is 5.03. The van der Waals surface area contributed by atoms with Gasteiger partial charge in [0.2, 0.25) is 0 Å². The van der Waals surface area contributed by atoms with E-state index in [0.29, 0.717) is 11.5 Å². The Bertz CT molecular complexity index is 268. The maximum atomic E-state index is 6.20. The Morgan fingerprint density at radius 2 is 1.78 bits per heavy atom. The average Bonchev–Trinajstić information content (AvgIpc) is 3.17. The minimum absolute atomic E-state index is 0.472. The van der Waals surface area contributed by atoms with Crippen molar-refractivity contribution in [1.29, 1.82) is 0 Å². The molecule has 0 radical (unpaired) electrons. The second kappa shape index (κ2) is 5.50. The first-order valence-electron chi connectivity index (χ1n) is 8.13. The predicted molar refractivity (Wildman–Crippen MR) is 74.6 cm³/mol. The van der Waals surface area contributed by atoms with E-state index in [0.717, 1.165) is 18.4 Å². The summed E-state index contributed by atoms with van der Waals surface area (Å²) < 4.78 is 6.20. The monoisotopic (exact) mass is 251 g/mol. The van der Waals surface area contributed by atoms with E-state index in [2.05, 4.69) is 12.4 Å². The molecule has 2 aliphatic carbocycles. The minimum atomic E-state index is 0.472. The summed E-state index contributed by atoms with van der Waals surface area (Å²) in [6.07, 6.45) is 13.4. The number of hydrogen-bond donors (Lipinski definition) is 1. The molecule has 2 saturated carbocycles. The summed E-state index contributed by atoms with van der Waals surface area (Å²) in [5.41, 5.74) is 0.472. The molecule has 3 fully saturated rings. The number of rotatable bonds is 4. The van der Waals surface area contributed by atoms with Crippen molar-refractivity contribution in [2.75, 3.05) is 20.2 Å². The van der Waals surface area contributed by atoms with E-state index in [9.17, 15) is 0 Å². The fraction of sp³-hybridized carbons (Fsp3) is 1.00. The molecule has 2 heteroatoms. The van der Waals surface area contributed by atoms with Gasteiger partial charge in [-0.1, -0.05) is 25.7 Å². The van der Waals surface area contributed by atoms with Crippen LogP contribution in [0.3, 0.4) is 0 Å². The van der Waals surface area contributed by atoms with E-state index in [4.69, 9.17) is 4.74 Å². The first kappa shape index (κ1) is 12.9. The van der Waals surface area contributed by atoms with Gasteiger partial charge in [-0.25, -0.2) is 0 Å². The number of nitrogens with one attached hydrogen (secondary N) is 1. The second-order valence-electron chi connectivity index (χ2n) is 6.83. The van der Waals surface area contributed by atoms with Crippen LogP contribution in [0.1, 0.15) is 57.8 Å². The fourth-order valence-electron chi connectivity index (χ4n) is 4.64. The summed E-state index contributed by atoms with van der Waals surface area (Å²) >= 11 is 0. The van der Waals surface area contributed by atoms with Crippen LogP contribution >= 0.6 is 0 Å². The van der Waals surface area contributed by atoms with E-state index in [-0.39, 0.29) is 0 Å². The smallest absolute Gasteiger partial charge is 0.0675 e. The van der Waals surface area contributed by atoms with Crippen LogP contribution in [0, 0.1) is 17.3 Å². The third-order valence-electron chi connectivity index (χ3n) is 5.66. The van der Waals surface area contributed by atoms with Crippen molar-refractivity contribution >= 4 is 0 Å². The summed E-state index contributed by atoms with van der Waals surface area (Å²) in [6.45, 7) is 2.19. The molecular formula is C16H29NO. The van der Waals surface area contributed by atoms with Crippen molar-refractivity contribution < 1.29 is 4.74 Å². The third-order valence-corrected chi connectivity index (χ3v) is 5.66. The largest absolute Gasteiger partial charge is 0.377 e. The Balaban J connectivity index is 1.79. The Hall–Kier alpha value is -0.0800. The molecule has 2 unspecified atom stereocenters. The molecule has 0 aromatic heterocycles. The molecule has 1 heterocycles. The molecule has 0 bridgehead atoms. The van der Waals surface area contributed by atoms with Gasteiger partial charge in [0.1, 0.15) is 0 Å². The van der Waals surface area contributed by atoms with Crippen LogP contribution < -0.4 is 5.32 Å².